The zero-order valence-corrected chi connectivity index (χ0v) is 28.6. The molecule has 2 aromatic heterocycles. The predicted octanol–water partition coefficient (Wildman–Crippen LogP) is 0.136. The number of amides is 3. The monoisotopic (exact) mass is 727 g/mol. The fraction of sp³-hybridized carbons (Fsp3) is 0.560. The van der Waals surface area contributed by atoms with Crippen molar-refractivity contribution >= 4 is 75.7 Å². The molecule has 0 aliphatic carbocycles. The van der Waals surface area contributed by atoms with Crippen molar-refractivity contribution in [1.82, 2.24) is 45.1 Å². The Morgan fingerprint density at radius 1 is 1.25 bits per heavy atom. The van der Waals surface area contributed by atoms with Crippen LogP contribution < -0.4 is 16.4 Å². The number of aliphatic carboxylic acids is 2. The van der Waals surface area contributed by atoms with Crippen LogP contribution in [-0.4, -0.2) is 121 Å². The highest BCUT2D eigenvalue weighted by atomic mass is 32.2. The average Bonchev–Trinajstić information content (AvgIpc) is 3.65. The number of nitrogens with zero attached hydrogens (tertiary/aromatic N) is 8. The molecule has 0 saturated carbocycles. The average molecular weight is 728 g/mol. The van der Waals surface area contributed by atoms with E-state index >= 15 is 0 Å². The van der Waals surface area contributed by atoms with Crippen molar-refractivity contribution in [2.45, 2.75) is 75.4 Å². The number of thioether (sulfide) groups is 2. The highest BCUT2D eigenvalue weighted by molar-refractivity contribution is 8.01. The van der Waals surface area contributed by atoms with Crippen LogP contribution in [0.4, 0.5) is 9.93 Å². The summed E-state index contributed by atoms with van der Waals surface area (Å²) in [5.41, 5.74) is 4.76. The first-order valence-electron chi connectivity index (χ1n) is 14.3. The van der Waals surface area contributed by atoms with Gasteiger partial charge >= 0.3 is 18.0 Å². The summed E-state index contributed by atoms with van der Waals surface area (Å²) < 4.78 is 10.7. The number of tetrazole rings is 1. The van der Waals surface area contributed by atoms with E-state index in [1.165, 1.54) is 28.2 Å². The maximum Gasteiger partial charge on any atom is 0.407 e. The number of oxime groups is 1. The van der Waals surface area contributed by atoms with Crippen molar-refractivity contribution < 1.29 is 43.8 Å². The van der Waals surface area contributed by atoms with Gasteiger partial charge in [0.05, 0.1) is 0 Å². The molecule has 6 N–H and O–H groups in total. The molecule has 2 unspecified atom stereocenters. The number of aromatic nitrogens is 6. The van der Waals surface area contributed by atoms with Gasteiger partial charge in [0.2, 0.25) is 22.8 Å². The summed E-state index contributed by atoms with van der Waals surface area (Å²) in [7, 11) is 0. The Morgan fingerprint density at radius 3 is 2.62 bits per heavy atom. The molecule has 23 heteroatoms. The Labute approximate surface area is 285 Å². The van der Waals surface area contributed by atoms with E-state index in [2.05, 4.69) is 40.7 Å². The summed E-state index contributed by atoms with van der Waals surface area (Å²) in [4.78, 5) is 72.1. The lowest BCUT2D eigenvalue weighted by atomic mass is 10.0. The molecule has 48 heavy (non-hydrogen) atoms. The van der Waals surface area contributed by atoms with Crippen molar-refractivity contribution in [1.29, 1.82) is 0 Å². The lowest BCUT2D eigenvalue weighted by molar-refractivity contribution is -0.151. The van der Waals surface area contributed by atoms with Crippen LogP contribution in [-0.2, 0) is 35.3 Å². The molecule has 4 rings (SSSR count). The number of carboxylic acids is 2. The standard InChI is InChI=1S/C25H33N11O9S3/c1-5-12(20(39)40)45-31-13(16-29-22(26)48-32-16)17(37)28-14-18(38)36-15(21(41)42)11(9-46-19(14)36)10-47-23-30-33-34-35(23)8-6-7-27-24(43)44-25(2,3)4/h12,14,19H,5-10H2,1-4H3,(H,27,43)(H,28,37)(H,39,40)(H,41,42)(H2,26,29,32)/b31-13-/t12?,14?,19-/m1/s1. The first kappa shape index (κ1) is 36.3. The molecule has 0 aromatic carbocycles. The number of nitrogens with one attached hydrogen (secondary N) is 2. The third-order valence-corrected chi connectivity index (χ3v) is 9.34. The van der Waals surface area contributed by atoms with E-state index < -0.39 is 58.7 Å². The number of anilines is 1. The number of carbonyl (C=O) groups excluding carboxylic acids is 3. The Morgan fingerprint density at radius 2 is 2.00 bits per heavy atom. The van der Waals surface area contributed by atoms with Gasteiger partial charge in [0.1, 0.15) is 22.7 Å². The number of hydrogen-bond acceptors (Lipinski definition) is 17. The molecule has 3 amide bonds. The normalized spacial score (nSPS) is 18.5. The van der Waals surface area contributed by atoms with Gasteiger partial charge in [-0.1, -0.05) is 23.8 Å². The third kappa shape index (κ3) is 8.89. The molecule has 20 nitrogen and oxygen atoms in total. The topological polar surface area (TPSA) is 279 Å². The van der Waals surface area contributed by atoms with Crippen molar-refractivity contribution in [2.75, 3.05) is 23.8 Å². The van der Waals surface area contributed by atoms with Crippen LogP contribution in [0.15, 0.2) is 21.6 Å². The third-order valence-electron chi connectivity index (χ3n) is 6.41. The van der Waals surface area contributed by atoms with Gasteiger partial charge in [0, 0.05) is 36.1 Å². The van der Waals surface area contributed by atoms with Gasteiger partial charge in [0.25, 0.3) is 11.8 Å². The largest absolute Gasteiger partial charge is 0.478 e. The fourth-order valence-electron chi connectivity index (χ4n) is 4.26. The number of nitrogens with two attached hydrogens (primary N) is 1. The van der Waals surface area contributed by atoms with Crippen LogP contribution in [0.1, 0.15) is 46.4 Å². The molecule has 0 spiro atoms. The number of nitrogen functional groups attached to an aromatic ring is 1. The fourth-order valence-corrected chi connectivity index (χ4v) is 7.08. The number of fused-ring (bicyclic) bond motifs is 1. The zero-order chi connectivity index (χ0) is 35.2. The molecule has 4 heterocycles. The van der Waals surface area contributed by atoms with Gasteiger partial charge in [-0.15, -0.1) is 16.9 Å². The van der Waals surface area contributed by atoms with E-state index in [-0.39, 0.29) is 34.6 Å². The number of carbonyl (C=O) groups is 5. The zero-order valence-electron chi connectivity index (χ0n) is 26.1. The van der Waals surface area contributed by atoms with Crippen LogP contribution in [0.25, 0.3) is 0 Å². The Kier molecular flexibility index (Phi) is 11.8. The summed E-state index contributed by atoms with van der Waals surface area (Å²) in [6, 6.07) is -1.13. The molecule has 3 atom stereocenters. The van der Waals surface area contributed by atoms with Gasteiger partial charge < -0.3 is 36.2 Å². The molecule has 2 aromatic rings. The SMILES string of the molecule is CCC(O/N=C(\C(=O)NC1C(=O)N2C(C(=O)O)=C(CSc3nnnn3CCCNC(=O)OC(C)(C)C)CS[C@H]12)c1nsc(N)n1)C(=O)O. The maximum absolute atomic E-state index is 13.2. The number of carboxylic acid groups (broad SMARTS) is 2. The summed E-state index contributed by atoms with van der Waals surface area (Å²) in [6.07, 6.45) is -1.36. The van der Waals surface area contributed by atoms with E-state index in [4.69, 9.17) is 15.3 Å². The predicted molar refractivity (Wildman–Crippen MR) is 171 cm³/mol. The van der Waals surface area contributed by atoms with Crippen LogP contribution in [0.3, 0.4) is 0 Å². The molecule has 1 saturated heterocycles. The molecule has 260 valence electrons. The highest BCUT2D eigenvalue weighted by Gasteiger charge is 2.54. The molecular weight excluding hydrogens is 695 g/mol. The summed E-state index contributed by atoms with van der Waals surface area (Å²) >= 11 is 3.20. The molecule has 2 aliphatic rings. The number of hydrogen-bond donors (Lipinski definition) is 5. The van der Waals surface area contributed by atoms with Crippen molar-refractivity contribution in [3.8, 4) is 0 Å². The van der Waals surface area contributed by atoms with Gasteiger partial charge in [-0.25, -0.2) is 19.1 Å². The first-order valence-corrected chi connectivity index (χ1v) is 17.1. The lowest BCUT2D eigenvalue weighted by Gasteiger charge is -2.49. The Bertz CT molecular complexity index is 1620. The van der Waals surface area contributed by atoms with Crippen molar-refractivity contribution in [3.63, 3.8) is 0 Å². The Hall–Kier alpha value is -4.51. The van der Waals surface area contributed by atoms with Crippen molar-refractivity contribution in [3.05, 3.63) is 17.1 Å². The summed E-state index contributed by atoms with van der Waals surface area (Å²) in [6.45, 7) is 7.52. The number of alkyl carbamates (subject to hydrolysis) is 1. The molecule has 1 fully saturated rings. The number of β-lactam (4-membered cyclic amide) rings is 1. The van der Waals surface area contributed by atoms with Crippen LogP contribution in [0.5, 0.6) is 0 Å². The second kappa shape index (κ2) is 15.6. The molecular formula is C25H33N11O9S3. The van der Waals surface area contributed by atoms with E-state index in [9.17, 15) is 34.2 Å². The molecule has 2 aliphatic heterocycles. The van der Waals surface area contributed by atoms with Crippen LogP contribution in [0, 0.1) is 0 Å². The second-order valence-corrected chi connectivity index (χ2v) is 13.9. The van der Waals surface area contributed by atoms with Gasteiger partial charge in [-0.3, -0.25) is 14.5 Å². The first-order chi connectivity index (χ1) is 22.7. The number of ether oxygens (including phenoxy) is 1. The van der Waals surface area contributed by atoms with E-state index in [1.54, 1.807) is 27.7 Å². The van der Waals surface area contributed by atoms with E-state index in [0.717, 1.165) is 16.4 Å². The van der Waals surface area contributed by atoms with Crippen molar-refractivity contribution in [2.24, 2.45) is 5.16 Å². The summed E-state index contributed by atoms with van der Waals surface area (Å²) in [5.74, 6) is -4.09. The van der Waals surface area contributed by atoms with Crippen LogP contribution in [0.2, 0.25) is 0 Å². The minimum Gasteiger partial charge on any atom is -0.478 e. The van der Waals surface area contributed by atoms with Gasteiger partial charge in [0.15, 0.2) is 5.13 Å². The Balaban J connectivity index is 1.39. The van der Waals surface area contributed by atoms with E-state index in [0.29, 0.717) is 30.2 Å². The highest BCUT2D eigenvalue weighted by Crippen LogP contribution is 2.41. The minimum absolute atomic E-state index is 0.00961. The quantitative estimate of drug-likeness (QED) is 0.0536. The second-order valence-electron chi connectivity index (χ2n) is 11.1. The maximum atomic E-state index is 13.2. The molecule has 0 bridgehead atoms. The van der Waals surface area contributed by atoms with Gasteiger partial charge in [-0.2, -0.15) is 9.36 Å². The number of rotatable bonds is 15. The minimum atomic E-state index is -1.36. The molecule has 0 radical (unpaired) electrons. The smallest absolute Gasteiger partial charge is 0.407 e. The van der Waals surface area contributed by atoms with E-state index in [1.807, 2.05) is 0 Å². The summed E-state index contributed by atoms with van der Waals surface area (Å²) in [5, 5.41) is 39.5. The lowest BCUT2D eigenvalue weighted by Crippen LogP contribution is -2.71. The van der Waals surface area contributed by atoms with Gasteiger partial charge in [-0.05, 0) is 49.6 Å². The number of aryl methyl sites for hydroxylation is 1. The van der Waals surface area contributed by atoms with Crippen LogP contribution >= 0.6 is 35.1 Å².